The highest BCUT2D eigenvalue weighted by Gasteiger charge is 2.46. The molecule has 0 saturated heterocycles. The largest absolute Gasteiger partial charge is 0.0776 e. The first kappa shape index (κ1) is 23.9. The molecule has 0 saturated carbocycles. The quantitative estimate of drug-likeness (QED) is 0.232. The van der Waals surface area contributed by atoms with Gasteiger partial charge in [-0.25, -0.2) is 0 Å². The van der Waals surface area contributed by atoms with Crippen LogP contribution in [0.2, 0.25) is 0 Å². The van der Waals surface area contributed by atoms with Gasteiger partial charge in [-0.2, -0.15) is 0 Å². The number of fused-ring (bicyclic) bond motifs is 4. The molecule has 0 atom stereocenters. The van der Waals surface area contributed by atoms with Crippen LogP contribution in [0.5, 0.6) is 0 Å². The summed E-state index contributed by atoms with van der Waals surface area (Å²) in [5, 5.41) is 2.54. The van der Waals surface area contributed by atoms with Gasteiger partial charge < -0.3 is 0 Å². The predicted octanol–water partition coefficient (Wildman–Crippen LogP) is 10.1. The molecule has 7 rings (SSSR count). The minimum atomic E-state index is -0.375. The van der Waals surface area contributed by atoms with Gasteiger partial charge in [-0.3, -0.25) is 0 Å². The van der Waals surface area contributed by atoms with E-state index in [0.717, 1.165) is 0 Å². The maximum absolute atomic E-state index is 2.44. The Hall–Kier alpha value is -4.42. The average Bonchev–Trinajstić information content (AvgIpc) is 3.24. The number of hydrogen-bond acceptors (Lipinski definition) is 0. The van der Waals surface area contributed by atoms with E-state index in [2.05, 4.69) is 147 Å². The van der Waals surface area contributed by atoms with Crippen molar-refractivity contribution < 1.29 is 0 Å². The van der Waals surface area contributed by atoms with E-state index in [1.165, 1.54) is 66.4 Å². The van der Waals surface area contributed by atoms with Crippen molar-refractivity contribution in [2.75, 3.05) is 0 Å². The molecule has 0 radical (unpaired) electrons. The second-order valence-electron chi connectivity index (χ2n) is 10.3. The van der Waals surface area contributed by atoms with Crippen molar-refractivity contribution in [2.45, 2.75) is 26.7 Å². The fourth-order valence-corrected chi connectivity index (χ4v) is 6.22. The molecular weight excluding hydrogens is 456 g/mol. The van der Waals surface area contributed by atoms with Gasteiger partial charge >= 0.3 is 0 Å². The zero-order chi connectivity index (χ0) is 25.0. The van der Waals surface area contributed by atoms with Crippen LogP contribution in [-0.2, 0) is 5.41 Å². The zero-order valence-electron chi connectivity index (χ0n) is 21.2. The fourth-order valence-electron chi connectivity index (χ4n) is 6.22. The summed E-state index contributed by atoms with van der Waals surface area (Å²) >= 11 is 0. The van der Waals surface area contributed by atoms with Gasteiger partial charge in [-0.15, -0.1) is 0 Å². The van der Waals surface area contributed by atoms with Crippen LogP contribution in [-0.4, -0.2) is 0 Å². The Morgan fingerprint density at radius 2 is 0.947 bits per heavy atom. The van der Waals surface area contributed by atoms with Gasteiger partial charge in [0.15, 0.2) is 0 Å². The Morgan fingerprint density at radius 3 is 1.63 bits per heavy atom. The van der Waals surface area contributed by atoms with Crippen LogP contribution in [0.15, 0.2) is 133 Å². The smallest absolute Gasteiger partial charge is 0.0713 e. The third-order valence-electron chi connectivity index (χ3n) is 8.10. The van der Waals surface area contributed by atoms with Crippen LogP contribution in [0.25, 0.3) is 33.0 Å². The zero-order valence-corrected chi connectivity index (χ0v) is 21.2. The molecule has 0 aliphatic heterocycles. The molecule has 0 fully saturated rings. The molecule has 6 aromatic carbocycles. The third-order valence-corrected chi connectivity index (χ3v) is 8.10. The number of aryl methyl sites for hydroxylation is 2. The first-order valence-corrected chi connectivity index (χ1v) is 13.0. The Labute approximate surface area is 226 Å². The van der Waals surface area contributed by atoms with Gasteiger partial charge in [0.1, 0.15) is 0 Å². The normalized spacial score (nSPS) is 13.0. The molecule has 184 valence electrons. The van der Waals surface area contributed by atoms with E-state index in [9.17, 15) is 0 Å². The lowest BCUT2D eigenvalue weighted by Gasteiger charge is -2.34. The Kier molecular flexibility index (Phi) is 5.77. The van der Waals surface area contributed by atoms with Crippen LogP contribution < -0.4 is 0 Å². The summed E-state index contributed by atoms with van der Waals surface area (Å²) in [5.41, 5.74) is 12.6. The molecule has 0 heterocycles. The highest BCUT2D eigenvalue weighted by Crippen LogP contribution is 2.56. The minimum absolute atomic E-state index is 0. The van der Waals surface area contributed by atoms with Gasteiger partial charge in [-0.05, 0) is 81.3 Å². The van der Waals surface area contributed by atoms with Crippen LogP contribution >= 0.6 is 0 Å². The highest BCUT2D eigenvalue weighted by molar-refractivity contribution is 5.91. The van der Waals surface area contributed by atoms with E-state index in [1.807, 2.05) is 0 Å². The summed E-state index contributed by atoms with van der Waals surface area (Å²) in [4.78, 5) is 0. The summed E-state index contributed by atoms with van der Waals surface area (Å²) in [5.74, 6) is 0. The summed E-state index contributed by atoms with van der Waals surface area (Å²) in [6, 6.07) is 49.7. The average molecular weight is 489 g/mol. The van der Waals surface area contributed by atoms with Gasteiger partial charge in [-0.1, -0.05) is 140 Å². The van der Waals surface area contributed by atoms with Gasteiger partial charge in [0.2, 0.25) is 0 Å². The number of benzene rings is 6. The van der Waals surface area contributed by atoms with Gasteiger partial charge in [0.05, 0.1) is 5.41 Å². The predicted molar refractivity (Wildman–Crippen MR) is 163 cm³/mol. The van der Waals surface area contributed by atoms with Crippen LogP contribution in [0.1, 0.15) is 40.8 Å². The maximum Gasteiger partial charge on any atom is 0.0713 e. The SMILES string of the molecule is C.Cc1ccc(C2(c3ccc(C)cc3)c3ccccc3-c3ccc(-c4ccc5ccccc5c4)cc32)cc1. The van der Waals surface area contributed by atoms with Crippen LogP contribution in [0.4, 0.5) is 0 Å². The lowest BCUT2D eigenvalue weighted by molar-refractivity contribution is 0.768. The van der Waals surface area contributed by atoms with E-state index >= 15 is 0 Å². The Bertz CT molecular complexity index is 1720. The van der Waals surface area contributed by atoms with E-state index in [4.69, 9.17) is 0 Å². The number of hydrogen-bond donors (Lipinski definition) is 0. The second-order valence-corrected chi connectivity index (χ2v) is 10.3. The van der Waals surface area contributed by atoms with Crippen LogP contribution in [0, 0.1) is 13.8 Å². The van der Waals surface area contributed by atoms with Crippen molar-refractivity contribution in [2.24, 2.45) is 0 Å². The van der Waals surface area contributed by atoms with Crippen molar-refractivity contribution in [3.05, 3.63) is 167 Å². The molecular formula is C38H32. The molecule has 0 aromatic heterocycles. The molecule has 0 nitrogen and oxygen atoms in total. The molecule has 0 N–H and O–H groups in total. The molecule has 38 heavy (non-hydrogen) atoms. The molecule has 0 amide bonds. The van der Waals surface area contributed by atoms with Crippen LogP contribution in [0.3, 0.4) is 0 Å². The Morgan fingerprint density at radius 1 is 0.421 bits per heavy atom. The summed E-state index contributed by atoms with van der Waals surface area (Å²) in [7, 11) is 0. The number of rotatable bonds is 3. The van der Waals surface area contributed by atoms with Crippen molar-refractivity contribution in [1.82, 2.24) is 0 Å². The van der Waals surface area contributed by atoms with Crippen molar-refractivity contribution >= 4 is 10.8 Å². The lowest BCUT2D eigenvalue weighted by Crippen LogP contribution is -2.28. The van der Waals surface area contributed by atoms with E-state index in [1.54, 1.807) is 0 Å². The van der Waals surface area contributed by atoms with E-state index < -0.39 is 0 Å². The van der Waals surface area contributed by atoms with E-state index in [0.29, 0.717) is 0 Å². The first-order chi connectivity index (χ1) is 18.1. The molecule has 0 bridgehead atoms. The lowest BCUT2D eigenvalue weighted by atomic mass is 9.67. The summed E-state index contributed by atoms with van der Waals surface area (Å²) < 4.78 is 0. The fraction of sp³-hybridized carbons (Fsp3) is 0.105. The standard InChI is InChI=1S/C37H28.CH4/c1-25-11-18-31(19-12-25)37(32-20-13-26(2)14-21-32)35-10-6-5-9-33(35)34-22-17-30(24-36(34)37)29-16-15-27-7-3-4-8-28(27)23-29;/h3-24H,1-2H3;1H4. The summed E-state index contributed by atoms with van der Waals surface area (Å²) in [6.45, 7) is 4.33. The molecule has 0 spiro atoms. The second kappa shape index (κ2) is 9.15. The molecule has 0 unspecified atom stereocenters. The van der Waals surface area contributed by atoms with Gasteiger partial charge in [0, 0.05) is 0 Å². The molecule has 1 aliphatic rings. The third kappa shape index (κ3) is 3.52. The van der Waals surface area contributed by atoms with Crippen molar-refractivity contribution in [1.29, 1.82) is 0 Å². The Balaban J connectivity index is 0.00000264. The highest BCUT2D eigenvalue weighted by atomic mass is 14.5. The molecule has 6 aromatic rings. The van der Waals surface area contributed by atoms with E-state index in [-0.39, 0.29) is 12.8 Å². The van der Waals surface area contributed by atoms with Crippen molar-refractivity contribution in [3.63, 3.8) is 0 Å². The first-order valence-electron chi connectivity index (χ1n) is 13.0. The molecule has 0 heteroatoms. The minimum Gasteiger partial charge on any atom is -0.0776 e. The monoisotopic (exact) mass is 488 g/mol. The summed E-state index contributed by atoms with van der Waals surface area (Å²) in [6.07, 6.45) is 0. The molecule has 1 aliphatic carbocycles. The topological polar surface area (TPSA) is 0 Å². The van der Waals surface area contributed by atoms with Gasteiger partial charge in [0.25, 0.3) is 0 Å². The maximum atomic E-state index is 2.44. The van der Waals surface area contributed by atoms with Crippen molar-refractivity contribution in [3.8, 4) is 22.3 Å².